The molecule has 1 aliphatic heterocycles. The van der Waals surface area contributed by atoms with E-state index in [0.717, 1.165) is 24.9 Å². The van der Waals surface area contributed by atoms with Gasteiger partial charge < -0.3 is 15.3 Å². The van der Waals surface area contributed by atoms with Crippen LogP contribution in [-0.2, 0) is 10.0 Å². The van der Waals surface area contributed by atoms with Crippen molar-refractivity contribution in [3.05, 3.63) is 66.6 Å². The Balaban J connectivity index is 1.37. The Hall–Kier alpha value is -3.74. The van der Waals surface area contributed by atoms with Gasteiger partial charge in [0.25, 0.3) is 0 Å². The van der Waals surface area contributed by atoms with E-state index in [1.54, 1.807) is 41.9 Å². The van der Waals surface area contributed by atoms with Crippen LogP contribution in [0.1, 0.15) is 6.92 Å². The first-order chi connectivity index (χ1) is 18.6. The van der Waals surface area contributed by atoms with Crippen molar-refractivity contribution >= 4 is 38.6 Å². The zero-order valence-corrected chi connectivity index (χ0v) is 22.9. The first-order valence-electron chi connectivity index (χ1n) is 12.7. The van der Waals surface area contributed by atoms with Gasteiger partial charge in [-0.15, -0.1) is 5.10 Å². The Labute approximate surface area is 227 Å². The van der Waals surface area contributed by atoms with E-state index in [-0.39, 0.29) is 17.9 Å². The second-order valence-electron chi connectivity index (χ2n) is 9.81. The Morgan fingerprint density at radius 1 is 1.10 bits per heavy atom. The molecule has 3 heterocycles. The standard InChI is InChI=1S/C27H32FN7O3S/c1-19(36)18-33-12-14-34(15-13-33)26-10-8-20(16-23(26)28)30-27-29-17-21-9-11-25(35(21)31-27)22-6-4-5-7-24(22)32(2)39(3,37)38/h4-11,16-17,19,36H,12-15,18H2,1-3H3,(H,30,31)/t19-/m0/s1. The molecule has 10 nitrogen and oxygen atoms in total. The topological polar surface area (TPSA) is 106 Å². The molecule has 0 aliphatic carbocycles. The molecule has 0 radical (unpaired) electrons. The quantitative estimate of drug-likeness (QED) is 0.343. The summed E-state index contributed by atoms with van der Waals surface area (Å²) in [6, 6.07) is 15.9. The van der Waals surface area contributed by atoms with Gasteiger partial charge in [-0.3, -0.25) is 9.21 Å². The number of halogens is 1. The molecule has 5 rings (SSSR count). The van der Waals surface area contributed by atoms with Gasteiger partial charge in [-0.25, -0.2) is 22.3 Å². The predicted octanol–water partition coefficient (Wildman–Crippen LogP) is 3.18. The van der Waals surface area contributed by atoms with Crippen molar-refractivity contribution < 1.29 is 17.9 Å². The monoisotopic (exact) mass is 553 g/mol. The minimum absolute atomic E-state index is 0.271. The fourth-order valence-electron chi connectivity index (χ4n) is 4.82. The van der Waals surface area contributed by atoms with Crippen molar-refractivity contribution in [3.63, 3.8) is 0 Å². The SMILES string of the molecule is C[C@H](O)CN1CCN(c2ccc(Nc3ncc4ccc(-c5ccccc5N(C)S(C)(=O)=O)n4n3)cc2F)CC1. The lowest BCUT2D eigenvalue weighted by molar-refractivity contribution is 0.122. The number of sulfonamides is 1. The van der Waals surface area contributed by atoms with E-state index < -0.39 is 10.0 Å². The number of nitrogens with zero attached hydrogens (tertiary/aromatic N) is 6. The molecular formula is C27H32FN7O3S. The number of fused-ring (bicyclic) bond motifs is 1. The minimum Gasteiger partial charge on any atom is -0.392 e. The van der Waals surface area contributed by atoms with Crippen LogP contribution in [0.5, 0.6) is 0 Å². The van der Waals surface area contributed by atoms with Crippen LogP contribution in [-0.4, -0.2) is 85.2 Å². The van der Waals surface area contributed by atoms with Crippen molar-refractivity contribution in [2.24, 2.45) is 0 Å². The molecule has 2 N–H and O–H groups in total. The average Bonchev–Trinajstić information content (AvgIpc) is 3.31. The highest BCUT2D eigenvalue weighted by Gasteiger charge is 2.21. The van der Waals surface area contributed by atoms with Gasteiger partial charge in [-0.1, -0.05) is 18.2 Å². The van der Waals surface area contributed by atoms with Crippen LogP contribution in [0.15, 0.2) is 60.8 Å². The molecule has 206 valence electrons. The molecule has 4 aromatic rings. The summed E-state index contributed by atoms with van der Waals surface area (Å²) in [6.07, 6.45) is 2.43. The summed E-state index contributed by atoms with van der Waals surface area (Å²) in [7, 11) is -1.95. The van der Waals surface area contributed by atoms with Crippen molar-refractivity contribution in [2.75, 3.05) is 60.5 Å². The Morgan fingerprint density at radius 2 is 1.85 bits per heavy atom. The van der Waals surface area contributed by atoms with Crippen LogP contribution in [0.25, 0.3) is 16.8 Å². The van der Waals surface area contributed by atoms with Gasteiger partial charge in [0.1, 0.15) is 5.82 Å². The molecule has 0 spiro atoms. The highest BCUT2D eigenvalue weighted by atomic mass is 32.2. The van der Waals surface area contributed by atoms with Crippen LogP contribution < -0.4 is 14.5 Å². The molecule has 0 amide bonds. The number of nitrogens with one attached hydrogen (secondary N) is 1. The third-order valence-electron chi connectivity index (χ3n) is 6.85. The smallest absolute Gasteiger partial charge is 0.245 e. The van der Waals surface area contributed by atoms with E-state index in [1.807, 2.05) is 29.2 Å². The van der Waals surface area contributed by atoms with Crippen LogP contribution in [0.3, 0.4) is 0 Å². The fraction of sp³-hybridized carbons (Fsp3) is 0.333. The zero-order valence-electron chi connectivity index (χ0n) is 22.1. The van der Waals surface area contributed by atoms with Gasteiger partial charge in [-0.05, 0) is 43.3 Å². The van der Waals surface area contributed by atoms with E-state index in [0.29, 0.717) is 48.0 Å². The van der Waals surface area contributed by atoms with Crippen molar-refractivity contribution in [1.29, 1.82) is 0 Å². The Kier molecular flexibility index (Phi) is 7.43. The number of rotatable bonds is 8. The number of para-hydroxylation sites is 1. The average molecular weight is 554 g/mol. The number of benzene rings is 2. The van der Waals surface area contributed by atoms with Crippen LogP contribution in [0.2, 0.25) is 0 Å². The molecular weight excluding hydrogens is 521 g/mol. The molecule has 39 heavy (non-hydrogen) atoms. The molecule has 0 unspecified atom stereocenters. The number of aliphatic hydroxyl groups is 1. The summed E-state index contributed by atoms with van der Waals surface area (Å²) in [5.74, 6) is -0.0720. The summed E-state index contributed by atoms with van der Waals surface area (Å²) < 4.78 is 42.5. The summed E-state index contributed by atoms with van der Waals surface area (Å²) in [6.45, 7) is 5.28. The van der Waals surface area contributed by atoms with E-state index in [9.17, 15) is 13.5 Å². The normalized spacial score (nSPS) is 15.5. The van der Waals surface area contributed by atoms with Crippen molar-refractivity contribution in [3.8, 4) is 11.3 Å². The maximum Gasteiger partial charge on any atom is 0.245 e. The van der Waals surface area contributed by atoms with E-state index in [4.69, 9.17) is 0 Å². The van der Waals surface area contributed by atoms with Crippen LogP contribution in [0.4, 0.5) is 27.4 Å². The number of piperazine rings is 1. The minimum atomic E-state index is -3.47. The summed E-state index contributed by atoms with van der Waals surface area (Å²) in [5.41, 5.74) is 3.68. The maximum absolute atomic E-state index is 15.1. The maximum atomic E-state index is 15.1. The van der Waals surface area contributed by atoms with E-state index in [2.05, 4.69) is 20.3 Å². The second kappa shape index (κ2) is 10.8. The first kappa shape index (κ1) is 26.9. The highest BCUT2D eigenvalue weighted by Crippen LogP contribution is 2.32. The number of aliphatic hydroxyl groups excluding tert-OH is 1. The number of aromatic nitrogens is 3. The van der Waals surface area contributed by atoms with Crippen molar-refractivity contribution in [2.45, 2.75) is 13.0 Å². The van der Waals surface area contributed by atoms with Crippen LogP contribution in [0, 0.1) is 5.82 Å². The zero-order chi connectivity index (χ0) is 27.7. The lowest BCUT2D eigenvalue weighted by Crippen LogP contribution is -2.48. The summed E-state index contributed by atoms with van der Waals surface area (Å²) >= 11 is 0. The molecule has 2 aromatic carbocycles. The van der Waals surface area contributed by atoms with E-state index >= 15 is 4.39 Å². The lowest BCUT2D eigenvalue weighted by atomic mass is 10.1. The number of anilines is 4. The predicted molar refractivity (Wildman–Crippen MR) is 152 cm³/mol. The van der Waals surface area contributed by atoms with Crippen molar-refractivity contribution in [1.82, 2.24) is 19.5 Å². The van der Waals surface area contributed by atoms with E-state index in [1.165, 1.54) is 17.4 Å². The van der Waals surface area contributed by atoms with Gasteiger partial charge in [0, 0.05) is 51.0 Å². The fourth-order valence-corrected chi connectivity index (χ4v) is 5.34. The van der Waals surface area contributed by atoms with Gasteiger partial charge >= 0.3 is 0 Å². The Morgan fingerprint density at radius 3 is 2.54 bits per heavy atom. The first-order valence-corrected chi connectivity index (χ1v) is 14.5. The molecule has 1 aliphatic rings. The third-order valence-corrected chi connectivity index (χ3v) is 8.05. The number of hydrogen-bond donors (Lipinski definition) is 2. The summed E-state index contributed by atoms with van der Waals surface area (Å²) in [4.78, 5) is 8.56. The van der Waals surface area contributed by atoms with Gasteiger partial charge in [0.15, 0.2) is 0 Å². The molecule has 1 atom stereocenters. The van der Waals surface area contributed by atoms with Crippen LogP contribution >= 0.6 is 0 Å². The van der Waals surface area contributed by atoms with Gasteiger partial charge in [0.05, 0.1) is 41.1 Å². The summed E-state index contributed by atoms with van der Waals surface area (Å²) in [5, 5.41) is 17.3. The molecule has 0 bridgehead atoms. The molecule has 1 fully saturated rings. The highest BCUT2D eigenvalue weighted by molar-refractivity contribution is 7.92. The number of β-amino-alcohol motifs (C(OH)–C–C–N with tert-alkyl or cyclic N) is 1. The molecule has 0 saturated carbocycles. The largest absolute Gasteiger partial charge is 0.392 e. The Bertz CT molecular complexity index is 1580. The molecule has 2 aromatic heterocycles. The molecule has 1 saturated heterocycles. The lowest BCUT2D eigenvalue weighted by Gasteiger charge is -2.36. The van der Waals surface area contributed by atoms with Gasteiger partial charge in [-0.2, -0.15) is 0 Å². The second-order valence-corrected chi connectivity index (χ2v) is 11.8. The third kappa shape index (κ3) is 5.82. The molecule has 12 heteroatoms. The van der Waals surface area contributed by atoms with Gasteiger partial charge in [0.2, 0.25) is 16.0 Å². The number of hydrogen-bond acceptors (Lipinski definition) is 8.